The third-order valence-corrected chi connectivity index (χ3v) is 4.21. The van der Waals surface area contributed by atoms with Crippen molar-refractivity contribution < 1.29 is 9.47 Å². The van der Waals surface area contributed by atoms with Gasteiger partial charge in [-0.05, 0) is 42.7 Å². The van der Waals surface area contributed by atoms with Crippen molar-refractivity contribution >= 4 is 28.9 Å². The second-order valence-corrected chi connectivity index (χ2v) is 6.07. The van der Waals surface area contributed by atoms with E-state index in [0.29, 0.717) is 29.7 Å². The number of ether oxygens (including phenoxy) is 2. The van der Waals surface area contributed by atoms with E-state index in [1.54, 1.807) is 13.2 Å². The van der Waals surface area contributed by atoms with E-state index < -0.39 is 0 Å². The van der Waals surface area contributed by atoms with Crippen molar-refractivity contribution in [3.05, 3.63) is 51.5 Å². The predicted molar refractivity (Wildman–Crippen MR) is 97.3 cm³/mol. The molecule has 0 radical (unpaired) electrons. The number of hydrogen-bond donors (Lipinski definition) is 1. The van der Waals surface area contributed by atoms with E-state index >= 15 is 0 Å². The molecule has 0 saturated heterocycles. The van der Waals surface area contributed by atoms with Crippen LogP contribution in [0.3, 0.4) is 0 Å². The lowest BCUT2D eigenvalue weighted by atomic mass is 10.1. The van der Waals surface area contributed by atoms with Gasteiger partial charge in [-0.25, -0.2) is 0 Å². The Kier molecular flexibility index (Phi) is 6.43. The molecule has 0 fully saturated rings. The summed E-state index contributed by atoms with van der Waals surface area (Å²) in [6.45, 7) is 5.23. The highest BCUT2D eigenvalue weighted by Crippen LogP contribution is 2.34. The van der Waals surface area contributed by atoms with E-state index in [2.05, 4.69) is 12.2 Å². The van der Waals surface area contributed by atoms with Gasteiger partial charge in [0.05, 0.1) is 13.7 Å². The normalized spacial score (nSPS) is 10.5. The second-order valence-electron chi connectivity index (χ2n) is 5.26. The first-order valence-electron chi connectivity index (χ1n) is 7.54. The van der Waals surface area contributed by atoms with E-state index in [0.717, 1.165) is 28.3 Å². The molecule has 0 aliphatic carbocycles. The van der Waals surface area contributed by atoms with Crippen LogP contribution in [-0.4, -0.2) is 13.7 Å². The van der Waals surface area contributed by atoms with Gasteiger partial charge < -0.3 is 14.8 Å². The fourth-order valence-corrected chi connectivity index (χ4v) is 2.50. The molecule has 0 heterocycles. The Morgan fingerprint density at radius 2 is 1.83 bits per heavy atom. The molecule has 0 aliphatic heterocycles. The van der Waals surface area contributed by atoms with Gasteiger partial charge in [-0.3, -0.25) is 0 Å². The summed E-state index contributed by atoms with van der Waals surface area (Å²) < 4.78 is 11.0. The summed E-state index contributed by atoms with van der Waals surface area (Å²) in [4.78, 5) is 0. The Morgan fingerprint density at radius 3 is 2.48 bits per heavy atom. The lowest BCUT2D eigenvalue weighted by Gasteiger charge is -2.14. The molecule has 0 amide bonds. The molecule has 0 unspecified atom stereocenters. The number of methoxy groups -OCH3 is 1. The van der Waals surface area contributed by atoms with Gasteiger partial charge in [0, 0.05) is 28.3 Å². The second kappa shape index (κ2) is 8.32. The smallest absolute Gasteiger partial charge is 0.162 e. The Labute approximate surface area is 147 Å². The minimum absolute atomic E-state index is 0.572. The molecular weight excluding hydrogens is 333 g/mol. The van der Waals surface area contributed by atoms with Crippen molar-refractivity contribution in [1.82, 2.24) is 0 Å². The predicted octanol–water partition coefficient (Wildman–Crippen LogP) is 5.71. The third-order valence-electron chi connectivity index (χ3n) is 3.45. The number of aryl methyl sites for hydroxylation is 1. The summed E-state index contributed by atoms with van der Waals surface area (Å²) in [7, 11) is 1.62. The maximum atomic E-state index is 6.36. The molecule has 2 aromatic rings. The van der Waals surface area contributed by atoms with E-state index in [4.69, 9.17) is 32.7 Å². The first-order chi connectivity index (χ1) is 11.0. The van der Waals surface area contributed by atoms with Crippen LogP contribution in [0.1, 0.15) is 24.5 Å². The molecule has 0 saturated carbocycles. The van der Waals surface area contributed by atoms with Crippen LogP contribution in [0.4, 0.5) is 5.69 Å². The topological polar surface area (TPSA) is 30.5 Å². The van der Waals surface area contributed by atoms with Crippen molar-refractivity contribution in [2.45, 2.75) is 26.8 Å². The third kappa shape index (κ3) is 4.69. The number of benzene rings is 2. The first-order valence-corrected chi connectivity index (χ1v) is 8.30. The molecule has 3 nitrogen and oxygen atoms in total. The average molecular weight is 354 g/mol. The summed E-state index contributed by atoms with van der Waals surface area (Å²) in [5.74, 6) is 1.35. The monoisotopic (exact) mass is 353 g/mol. The van der Waals surface area contributed by atoms with Crippen LogP contribution in [0.5, 0.6) is 11.5 Å². The van der Waals surface area contributed by atoms with Crippen LogP contribution in [0.2, 0.25) is 10.0 Å². The zero-order chi connectivity index (χ0) is 16.8. The Bertz CT molecular complexity index is 674. The van der Waals surface area contributed by atoms with Crippen molar-refractivity contribution in [2.75, 3.05) is 19.0 Å². The fourth-order valence-electron chi connectivity index (χ4n) is 2.10. The summed E-state index contributed by atoms with van der Waals surface area (Å²) in [6.07, 6.45) is 0.929. The van der Waals surface area contributed by atoms with Crippen molar-refractivity contribution in [1.29, 1.82) is 0 Å². The largest absolute Gasteiger partial charge is 0.493 e. The van der Waals surface area contributed by atoms with Gasteiger partial charge in [-0.2, -0.15) is 0 Å². The van der Waals surface area contributed by atoms with Crippen LogP contribution in [0, 0.1) is 6.92 Å². The van der Waals surface area contributed by atoms with E-state index in [1.165, 1.54) is 0 Å². The van der Waals surface area contributed by atoms with Gasteiger partial charge in [-0.1, -0.05) is 36.2 Å². The summed E-state index contributed by atoms with van der Waals surface area (Å²) >= 11 is 12.5. The quantitative estimate of drug-likeness (QED) is 0.691. The van der Waals surface area contributed by atoms with Gasteiger partial charge in [0.1, 0.15) is 0 Å². The maximum absolute atomic E-state index is 6.36. The standard InChI is InChI=1S/C18H21Cl2NO2/c1-4-7-23-18-10-16(20)13(8-17(18)22-3)11-21-14-6-5-12(2)15(19)9-14/h5-6,8-10,21H,4,7,11H2,1-3H3. The number of hydrogen-bond acceptors (Lipinski definition) is 3. The van der Waals surface area contributed by atoms with Gasteiger partial charge in [0.2, 0.25) is 0 Å². The minimum Gasteiger partial charge on any atom is -0.493 e. The Hall–Kier alpha value is -1.58. The van der Waals surface area contributed by atoms with Gasteiger partial charge in [0.15, 0.2) is 11.5 Å². The lowest BCUT2D eigenvalue weighted by Crippen LogP contribution is -2.03. The van der Waals surface area contributed by atoms with Crippen molar-refractivity contribution in [3.63, 3.8) is 0 Å². The Balaban J connectivity index is 2.14. The number of nitrogens with one attached hydrogen (secondary N) is 1. The maximum Gasteiger partial charge on any atom is 0.162 e. The average Bonchev–Trinajstić information content (AvgIpc) is 2.55. The van der Waals surface area contributed by atoms with Crippen molar-refractivity contribution in [3.8, 4) is 11.5 Å². The number of anilines is 1. The van der Waals surface area contributed by atoms with Gasteiger partial charge in [0.25, 0.3) is 0 Å². The molecule has 0 aliphatic rings. The molecule has 2 aromatic carbocycles. The Morgan fingerprint density at radius 1 is 1.04 bits per heavy atom. The summed E-state index contributed by atoms with van der Waals surface area (Å²) in [5.41, 5.74) is 2.93. The van der Waals surface area contributed by atoms with Crippen LogP contribution in [0.15, 0.2) is 30.3 Å². The molecule has 23 heavy (non-hydrogen) atoms. The van der Waals surface area contributed by atoms with E-state index in [9.17, 15) is 0 Å². The highest BCUT2D eigenvalue weighted by atomic mass is 35.5. The lowest BCUT2D eigenvalue weighted by molar-refractivity contribution is 0.294. The van der Waals surface area contributed by atoms with Crippen molar-refractivity contribution in [2.24, 2.45) is 0 Å². The molecule has 5 heteroatoms. The highest BCUT2D eigenvalue weighted by molar-refractivity contribution is 6.32. The molecule has 0 spiro atoms. The van der Waals surface area contributed by atoms with E-state index in [1.807, 2.05) is 31.2 Å². The molecule has 0 bridgehead atoms. The highest BCUT2D eigenvalue weighted by Gasteiger charge is 2.10. The van der Waals surface area contributed by atoms with Gasteiger partial charge >= 0.3 is 0 Å². The molecule has 124 valence electrons. The summed E-state index contributed by atoms with van der Waals surface area (Å²) in [5, 5.41) is 4.70. The molecule has 0 aromatic heterocycles. The summed E-state index contributed by atoms with van der Waals surface area (Å²) in [6, 6.07) is 9.58. The number of halogens is 2. The SMILES string of the molecule is CCCOc1cc(Cl)c(CNc2ccc(C)c(Cl)c2)cc1OC. The first kappa shape index (κ1) is 17.8. The number of rotatable bonds is 7. The fraction of sp³-hybridized carbons (Fsp3) is 0.333. The van der Waals surface area contributed by atoms with Crippen LogP contribution in [0.25, 0.3) is 0 Å². The molecule has 2 rings (SSSR count). The zero-order valence-corrected chi connectivity index (χ0v) is 15.1. The molecule has 1 N–H and O–H groups in total. The zero-order valence-electron chi connectivity index (χ0n) is 13.6. The van der Waals surface area contributed by atoms with Crippen LogP contribution < -0.4 is 14.8 Å². The molecular formula is C18H21Cl2NO2. The van der Waals surface area contributed by atoms with Crippen LogP contribution >= 0.6 is 23.2 Å². The van der Waals surface area contributed by atoms with Gasteiger partial charge in [-0.15, -0.1) is 0 Å². The minimum atomic E-state index is 0.572. The van der Waals surface area contributed by atoms with E-state index in [-0.39, 0.29) is 0 Å². The molecule has 0 atom stereocenters. The van der Waals surface area contributed by atoms with Crippen LogP contribution in [-0.2, 0) is 6.54 Å².